The molecule has 0 N–H and O–H groups in total. The lowest BCUT2D eigenvalue weighted by Gasteiger charge is -2.08. The summed E-state index contributed by atoms with van der Waals surface area (Å²) in [5.41, 5.74) is 0.543. The summed E-state index contributed by atoms with van der Waals surface area (Å²) in [7, 11) is 1.58. The number of hydrogen-bond acceptors (Lipinski definition) is 3. The molecule has 0 unspecified atom stereocenters. The van der Waals surface area contributed by atoms with Gasteiger partial charge in [-0.1, -0.05) is 24.3 Å². The van der Waals surface area contributed by atoms with E-state index in [0.717, 1.165) is 10.8 Å². The normalized spacial score (nSPS) is 10.2. The zero-order valence-electron chi connectivity index (χ0n) is 9.90. The van der Waals surface area contributed by atoms with Gasteiger partial charge in [-0.2, -0.15) is 0 Å². The van der Waals surface area contributed by atoms with Crippen LogP contribution >= 0.6 is 0 Å². The molecule has 2 aromatic carbocycles. The van der Waals surface area contributed by atoms with Gasteiger partial charge in [0.2, 0.25) is 0 Å². The quantitative estimate of drug-likeness (QED) is 0.760. The van der Waals surface area contributed by atoms with E-state index in [1.165, 1.54) is 0 Å². The van der Waals surface area contributed by atoms with E-state index in [9.17, 15) is 4.79 Å². The Morgan fingerprint density at radius 3 is 2.71 bits per heavy atom. The molecule has 0 aromatic heterocycles. The van der Waals surface area contributed by atoms with Gasteiger partial charge in [0.1, 0.15) is 5.75 Å². The Labute approximate surface area is 100.0 Å². The molecule has 0 bridgehead atoms. The minimum Gasteiger partial charge on any atom is -0.497 e. The number of carbonyl (C=O) groups excluding carboxylic acids is 1. The lowest BCUT2D eigenvalue weighted by Crippen LogP contribution is -2.05. The van der Waals surface area contributed by atoms with Crippen molar-refractivity contribution in [2.75, 3.05) is 13.7 Å². The first-order valence-corrected chi connectivity index (χ1v) is 5.50. The number of rotatable bonds is 3. The SMILES string of the molecule is CCOC(=O)c1cc(OC)cc2ccccc12. The first kappa shape index (κ1) is 11.5. The van der Waals surface area contributed by atoms with Crippen LogP contribution in [0.25, 0.3) is 10.8 Å². The van der Waals surface area contributed by atoms with E-state index in [-0.39, 0.29) is 5.97 Å². The summed E-state index contributed by atoms with van der Waals surface area (Å²) >= 11 is 0. The summed E-state index contributed by atoms with van der Waals surface area (Å²) in [6.45, 7) is 2.16. The Hall–Kier alpha value is -2.03. The number of ether oxygens (including phenoxy) is 2. The van der Waals surface area contributed by atoms with Crippen LogP contribution in [0, 0.1) is 0 Å². The Morgan fingerprint density at radius 2 is 2.00 bits per heavy atom. The van der Waals surface area contributed by atoms with Gasteiger partial charge in [0.15, 0.2) is 0 Å². The van der Waals surface area contributed by atoms with Gasteiger partial charge in [-0.05, 0) is 29.8 Å². The van der Waals surface area contributed by atoms with Crippen LogP contribution in [0.3, 0.4) is 0 Å². The standard InChI is InChI=1S/C14H14O3/c1-3-17-14(15)13-9-11(16-2)8-10-6-4-5-7-12(10)13/h4-9H,3H2,1-2H3. The number of fused-ring (bicyclic) bond motifs is 1. The van der Waals surface area contributed by atoms with Crippen molar-refractivity contribution < 1.29 is 14.3 Å². The first-order chi connectivity index (χ1) is 8.26. The molecule has 0 fully saturated rings. The van der Waals surface area contributed by atoms with E-state index < -0.39 is 0 Å². The maximum Gasteiger partial charge on any atom is 0.338 e. The van der Waals surface area contributed by atoms with Gasteiger partial charge >= 0.3 is 5.97 Å². The van der Waals surface area contributed by atoms with E-state index >= 15 is 0 Å². The average Bonchev–Trinajstić information content (AvgIpc) is 2.37. The van der Waals surface area contributed by atoms with Crippen molar-refractivity contribution in [2.24, 2.45) is 0 Å². The van der Waals surface area contributed by atoms with Crippen LogP contribution in [0.15, 0.2) is 36.4 Å². The highest BCUT2D eigenvalue weighted by Gasteiger charge is 2.12. The van der Waals surface area contributed by atoms with Crippen molar-refractivity contribution in [3.05, 3.63) is 42.0 Å². The van der Waals surface area contributed by atoms with Crippen molar-refractivity contribution in [3.63, 3.8) is 0 Å². The van der Waals surface area contributed by atoms with Gasteiger partial charge in [0, 0.05) is 0 Å². The minimum absolute atomic E-state index is 0.317. The third-order valence-corrected chi connectivity index (χ3v) is 2.57. The number of benzene rings is 2. The molecule has 3 heteroatoms. The maximum atomic E-state index is 11.8. The largest absolute Gasteiger partial charge is 0.497 e. The third-order valence-electron chi connectivity index (χ3n) is 2.57. The molecule has 0 heterocycles. The molecular formula is C14H14O3. The van der Waals surface area contributed by atoms with Crippen molar-refractivity contribution in [2.45, 2.75) is 6.92 Å². The van der Waals surface area contributed by atoms with Crippen molar-refractivity contribution in [3.8, 4) is 5.75 Å². The van der Waals surface area contributed by atoms with Crippen LogP contribution in [-0.4, -0.2) is 19.7 Å². The van der Waals surface area contributed by atoms with Gasteiger partial charge in [0.25, 0.3) is 0 Å². The molecule has 17 heavy (non-hydrogen) atoms. The first-order valence-electron chi connectivity index (χ1n) is 5.50. The molecule has 2 rings (SSSR count). The predicted molar refractivity (Wildman–Crippen MR) is 66.5 cm³/mol. The fourth-order valence-corrected chi connectivity index (χ4v) is 1.78. The van der Waals surface area contributed by atoms with Crippen molar-refractivity contribution in [1.82, 2.24) is 0 Å². The van der Waals surface area contributed by atoms with Crippen LogP contribution in [0.5, 0.6) is 5.75 Å². The molecule has 0 spiro atoms. The third kappa shape index (κ3) is 2.23. The zero-order chi connectivity index (χ0) is 12.3. The van der Waals surface area contributed by atoms with Gasteiger partial charge in [-0.3, -0.25) is 0 Å². The van der Waals surface area contributed by atoms with E-state index in [0.29, 0.717) is 17.9 Å². The van der Waals surface area contributed by atoms with Gasteiger partial charge < -0.3 is 9.47 Å². The summed E-state index contributed by atoms with van der Waals surface area (Å²) < 4.78 is 10.2. The molecule has 0 saturated heterocycles. The van der Waals surface area contributed by atoms with Gasteiger partial charge in [-0.25, -0.2) is 4.79 Å². The van der Waals surface area contributed by atoms with Gasteiger partial charge in [-0.15, -0.1) is 0 Å². The highest BCUT2D eigenvalue weighted by Crippen LogP contribution is 2.25. The topological polar surface area (TPSA) is 35.5 Å². The molecule has 2 aromatic rings. The molecule has 0 aliphatic heterocycles. The molecule has 0 aliphatic carbocycles. The number of esters is 1. The monoisotopic (exact) mass is 230 g/mol. The van der Waals surface area contributed by atoms with Crippen LogP contribution in [0.2, 0.25) is 0 Å². The fourth-order valence-electron chi connectivity index (χ4n) is 1.78. The lowest BCUT2D eigenvalue weighted by molar-refractivity contribution is 0.0528. The molecule has 0 saturated carbocycles. The Morgan fingerprint density at radius 1 is 1.24 bits per heavy atom. The highest BCUT2D eigenvalue weighted by molar-refractivity contribution is 6.05. The maximum absolute atomic E-state index is 11.8. The molecule has 0 radical (unpaired) electrons. The van der Waals surface area contributed by atoms with Gasteiger partial charge in [0.05, 0.1) is 19.3 Å². The van der Waals surface area contributed by atoms with E-state index in [2.05, 4.69) is 0 Å². The smallest absolute Gasteiger partial charge is 0.338 e. The summed E-state index contributed by atoms with van der Waals surface area (Å²) in [4.78, 5) is 11.8. The fraction of sp³-hybridized carbons (Fsp3) is 0.214. The summed E-state index contributed by atoms with van der Waals surface area (Å²) in [5, 5.41) is 1.85. The predicted octanol–water partition coefficient (Wildman–Crippen LogP) is 3.03. The van der Waals surface area contributed by atoms with Crippen LogP contribution in [0.1, 0.15) is 17.3 Å². The Balaban J connectivity index is 2.62. The highest BCUT2D eigenvalue weighted by atomic mass is 16.5. The van der Waals surface area contributed by atoms with E-state index in [1.54, 1.807) is 20.1 Å². The Bertz CT molecular complexity index is 546. The second kappa shape index (κ2) is 4.87. The molecule has 3 nitrogen and oxygen atoms in total. The molecule has 0 amide bonds. The number of methoxy groups -OCH3 is 1. The minimum atomic E-state index is -0.317. The molecular weight excluding hydrogens is 216 g/mol. The molecule has 0 atom stereocenters. The Kier molecular flexibility index (Phi) is 3.28. The van der Waals surface area contributed by atoms with Crippen LogP contribution in [0.4, 0.5) is 0 Å². The van der Waals surface area contributed by atoms with E-state index in [1.807, 2.05) is 30.3 Å². The number of carbonyl (C=O) groups is 1. The summed E-state index contributed by atoms with van der Waals surface area (Å²) in [6, 6.07) is 11.3. The van der Waals surface area contributed by atoms with Crippen LogP contribution in [-0.2, 0) is 4.74 Å². The van der Waals surface area contributed by atoms with Crippen molar-refractivity contribution in [1.29, 1.82) is 0 Å². The average molecular weight is 230 g/mol. The lowest BCUT2D eigenvalue weighted by atomic mass is 10.0. The molecule has 0 aliphatic rings. The summed E-state index contributed by atoms with van der Waals surface area (Å²) in [5.74, 6) is 0.342. The van der Waals surface area contributed by atoms with E-state index in [4.69, 9.17) is 9.47 Å². The zero-order valence-corrected chi connectivity index (χ0v) is 9.90. The van der Waals surface area contributed by atoms with Crippen molar-refractivity contribution >= 4 is 16.7 Å². The van der Waals surface area contributed by atoms with Crippen LogP contribution < -0.4 is 4.74 Å². The molecule has 88 valence electrons. The number of hydrogen-bond donors (Lipinski definition) is 0. The second-order valence-corrected chi connectivity index (χ2v) is 3.62. The second-order valence-electron chi connectivity index (χ2n) is 3.62. The summed E-state index contributed by atoms with van der Waals surface area (Å²) in [6.07, 6.45) is 0.